The fourth-order valence-corrected chi connectivity index (χ4v) is 2.46. The van der Waals surface area contributed by atoms with Crippen molar-refractivity contribution in [1.29, 1.82) is 0 Å². The lowest BCUT2D eigenvalue weighted by molar-refractivity contribution is 0.584. The van der Waals surface area contributed by atoms with E-state index in [9.17, 15) is 8.78 Å². The van der Waals surface area contributed by atoms with E-state index in [4.69, 9.17) is 0 Å². The predicted molar refractivity (Wildman–Crippen MR) is 69.5 cm³/mol. The van der Waals surface area contributed by atoms with Gasteiger partial charge in [-0.05, 0) is 25.1 Å². The number of benzene rings is 1. The van der Waals surface area contributed by atoms with Gasteiger partial charge in [0.15, 0.2) is 0 Å². The fraction of sp³-hybridized carbons (Fsp3) is 0.308. The van der Waals surface area contributed by atoms with Crippen LogP contribution in [0.25, 0.3) is 10.6 Å². The van der Waals surface area contributed by atoms with Crippen LogP contribution in [0.3, 0.4) is 0 Å². The third-order valence-corrected chi connectivity index (χ3v) is 3.44. The van der Waals surface area contributed by atoms with Gasteiger partial charge in [-0.15, -0.1) is 11.3 Å². The molecule has 2 aromatic rings. The second kappa shape index (κ2) is 6.02. The first-order chi connectivity index (χ1) is 8.69. The molecule has 0 radical (unpaired) electrons. The molecule has 0 saturated carbocycles. The highest BCUT2D eigenvalue weighted by Crippen LogP contribution is 2.26. The Morgan fingerprint density at radius 2 is 1.94 bits per heavy atom. The molecule has 0 bridgehead atoms. The zero-order chi connectivity index (χ0) is 13.0. The van der Waals surface area contributed by atoms with Gasteiger partial charge in [-0.3, -0.25) is 0 Å². The van der Waals surface area contributed by atoms with Gasteiger partial charge in [-0.1, -0.05) is 6.92 Å². The van der Waals surface area contributed by atoms with Crippen LogP contribution in [0.4, 0.5) is 8.78 Å². The van der Waals surface area contributed by atoms with Gasteiger partial charge < -0.3 is 5.32 Å². The quantitative estimate of drug-likeness (QED) is 0.838. The maximum absolute atomic E-state index is 13.1. The zero-order valence-corrected chi connectivity index (χ0v) is 10.9. The van der Waals surface area contributed by atoms with Crippen molar-refractivity contribution >= 4 is 11.3 Å². The number of aromatic nitrogens is 1. The van der Waals surface area contributed by atoms with Crippen LogP contribution in [0.15, 0.2) is 24.4 Å². The highest BCUT2D eigenvalue weighted by molar-refractivity contribution is 7.15. The van der Waals surface area contributed by atoms with Crippen molar-refractivity contribution < 1.29 is 8.78 Å². The summed E-state index contributed by atoms with van der Waals surface area (Å²) >= 11 is 1.45. The molecule has 0 spiro atoms. The first kappa shape index (κ1) is 13.1. The van der Waals surface area contributed by atoms with Crippen LogP contribution in [0, 0.1) is 11.6 Å². The standard InChI is InChI=1S/C13H14F2N2S/c1-2-3-16-7-12-8-17-13(18-12)9-4-10(14)6-11(15)5-9/h4-6,8,16H,2-3,7H2,1H3. The van der Waals surface area contributed by atoms with Gasteiger partial charge in [0.1, 0.15) is 16.6 Å². The molecule has 0 unspecified atom stereocenters. The summed E-state index contributed by atoms with van der Waals surface area (Å²) in [6, 6.07) is 3.46. The molecule has 2 rings (SSSR count). The van der Waals surface area contributed by atoms with Crippen LogP contribution in [-0.2, 0) is 6.54 Å². The van der Waals surface area contributed by atoms with Gasteiger partial charge in [0.2, 0.25) is 0 Å². The van der Waals surface area contributed by atoms with E-state index >= 15 is 0 Å². The van der Waals surface area contributed by atoms with E-state index in [1.165, 1.54) is 23.5 Å². The van der Waals surface area contributed by atoms with Gasteiger partial charge in [0.25, 0.3) is 0 Å². The van der Waals surface area contributed by atoms with Crippen LogP contribution in [-0.4, -0.2) is 11.5 Å². The summed E-state index contributed by atoms with van der Waals surface area (Å²) < 4.78 is 26.2. The molecule has 1 aromatic heterocycles. The molecule has 18 heavy (non-hydrogen) atoms. The van der Waals surface area contributed by atoms with E-state index in [-0.39, 0.29) is 0 Å². The SMILES string of the molecule is CCCNCc1cnc(-c2cc(F)cc(F)c2)s1. The smallest absolute Gasteiger partial charge is 0.126 e. The third-order valence-electron chi connectivity index (χ3n) is 2.39. The van der Waals surface area contributed by atoms with Crippen LogP contribution in [0.5, 0.6) is 0 Å². The number of rotatable bonds is 5. The number of nitrogens with zero attached hydrogens (tertiary/aromatic N) is 1. The second-order valence-corrected chi connectivity index (χ2v) is 5.08. The third kappa shape index (κ3) is 3.34. The average molecular weight is 268 g/mol. The maximum Gasteiger partial charge on any atom is 0.126 e. The Bertz CT molecular complexity index is 505. The van der Waals surface area contributed by atoms with Crippen LogP contribution in [0.1, 0.15) is 18.2 Å². The van der Waals surface area contributed by atoms with Crippen molar-refractivity contribution in [1.82, 2.24) is 10.3 Å². The highest BCUT2D eigenvalue weighted by Gasteiger charge is 2.07. The summed E-state index contributed by atoms with van der Waals surface area (Å²) in [6.07, 6.45) is 2.81. The number of halogens is 2. The van der Waals surface area contributed by atoms with Gasteiger partial charge in [0.05, 0.1) is 0 Å². The van der Waals surface area contributed by atoms with Crippen LogP contribution >= 0.6 is 11.3 Å². The molecular formula is C13H14F2N2S. The maximum atomic E-state index is 13.1. The first-order valence-corrected chi connectivity index (χ1v) is 6.62. The van der Waals surface area contributed by atoms with Crippen LogP contribution < -0.4 is 5.32 Å². The van der Waals surface area contributed by atoms with Crippen molar-refractivity contribution in [2.75, 3.05) is 6.54 Å². The van der Waals surface area contributed by atoms with E-state index in [1.807, 2.05) is 0 Å². The zero-order valence-electron chi connectivity index (χ0n) is 10.0. The van der Waals surface area contributed by atoms with Crippen molar-refractivity contribution in [2.45, 2.75) is 19.9 Å². The average Bonchev–Trinajstić information content (AvgIpc) is 2.77. The van der Waals surface area contributed by atoms with E-state index < -0.39 is 11.6 Å². The summed E-state index contributed by atoms with van der Waals surface area (Å²) in [6.45, 7) is 3.78. The van der Waals surface area contributed by atoms with Crippen LogP contribution in [0.2, 0.25) is 0 Å². The van der Waals surface area contributed by atoms with E-state index in [0.29, 0.717) is 10.6 Å². The van der Waals surface area contributed by atoms with Crippen molar-refractivity contribution in [2.24, 2.45) is 0 Å². The molecule has 5 heteroatoms. The Kier molecular flexibility index (Phi) is 4.38. The summed E-state index contributed by atoms with van der Waals surface area (Å²) in [5, 5.41) is 3.90. The van der Waals surface area contributed by atoms with Crippen molar-refractivity contribution in [3.8, 4) is 10.6 Å². The first-order valence-electron chi connectivity index (χ1n) is 5.81. The molecule has 0 aliphatic heterocycles. The molecule has 0 atom stereocenters. The Hall–Kier alpha value is -1.33. The van der Waals surface area contributed by atoms with Gasteiger partial charge >= 0.3 is 0 Å². The molecule has 0 amide bonds. The summed E-state index contributed by atoms with van der Waals surface area (Å²) in [5.41, 5.74) is 0.485. The van der Waals surface area contributed by atoms with E-state index in [2.05, 4.69) is 17.2 Å². The Balaban J connectivity index is 2.13. The van der Waals surface area contributed by atoms with Crippen molar-refractivity contribution in [3.63, 3.8) is 0 Å². The lowest BCUT2D eigenvalue weighted by Gasteiger charge is -1.99. The van der Waals surface area contributed by atoms with Gasteiger partial charge in [0, 0.05) is 29.2 Å². The molecule has 0 aliphatic carbocycles. The van der Waals surface area contributed by atoms with Gasteiger partial charge in [-0.25, -0.2) is 13.8 Å². The molecule has 1 aromatic carbocycles. The van der Waals surface area contributed by atoms with E-state index in [1.54, 1.807) is 6.20 Å². The Labute approximate surface area is 109 Å². The summed E-state index contributed by atoms with van der Waals surface area (Å²) in [7, 11) is 0. The molecule has 1 N–H and O–H groups in total. The lowest BCUT2D eigenvalue weighted by atomic mass is 10.2. The molecule has 0 fully saturated rings. The minimum Gasteiger partial charge on any atom is -0.312 e. The minimum absolute atomic E-state index is 0.485. The number of nitrogens with one attached hydrogen (secondary N) is 1. The minimum atomic E-state index is -0.578. The number of hydrogen-bond donors (Lipinski definition) is 1. The van der Waals surface area contributed by atoms with E-state index in [0.717, 1.165) is 30.5 Å². The monoisotopic (exact) mass is 268 g/mol. The highest BCUT2D eigenvalue weighted by atomic mass is 32.1. The fourth-order valence-electron chi connectivity index (χ4n) is 1.59. The molecular weight excluding hydrogens is 254 g/mol. The molecule has 1 heterocycles. The lowest BCUT2D eigenvalue weighted by Crippen LogP contribution is -2.12. The number of hydrogen-bond acceptors (Lipinski definition) is 3. The topological polar surface area (TPSA) is 24.9 Å². The molecule has 0 saturated heterocycles. The molecule has 0 aliphatic rings. The molecule has 2 nitrogen and oxygen atoms in total. The largest absolute Gasteiger partial charge is 0.312 e. The van der Waals surface area contributed by atoms with Gasteiger partial charge in [-0.2, -0.15) is 0 Å². The second-order valence-electron chi connectivity index (χ2n) is 3.97. The summed E-state index contributed by atoms with van der Waals surface area (Å²) in [5.74, 6) is -1.16. The Morgan fingerprint density at radius 1 is 1.22 bits per heavy atom. The summed E-state index contributed by atoms with van der Waals surface area (Å²) in [4.78, 5) is 5.25. The Morgan fingerprint density at radius 3 is 2.61 bits per heavy atom. The molecule has 96 valence electrons. The van der Waals surface area contributed by atoms with Crippen molar-refractivity contribution in [3.05, 3.63) is 40.9 Å². The predicted octanol–water partition coefficient (Wildman–Crippen LogP) is 3.59. The number of thiazole rings is 1. The normalized spacial score (nSPS) is 10.8.